The Morgan fingerprint density at radius 2 is 1.38 bits per heavy atom. The highest BCUT2D eigenvalue weighted by atomic mass is 16.5. The number of ether oxygens (including phenoxy) is 1. The van der Waals surface area contributed by atoms with Crippen LogP contribution in [0.2, 0.25) is 0 Å². The Morgan fingerprint density at radius 1 is 0.750 bits per heavy atom. The standard InChI is InChI=1S/C22H38O2/c1-3-5-7-8-9-10-11-12-13-14-15-16-17-18-19-20-22(23)24-21-6-4-2/h5,7,9-10,12-13H,3-4,6,8,11,14-21H2,1-2H3/b7-5-,10-9-,13-12-. The zero-order valence-electron chi connectivity index (χ0n) is 16.0. The molecule has 0 heterocycles. The number of unbranched alkanes of at least 4 members (excludes halogenated alkanes) is 6. The van der Waals surface area contributed by atoms with Crippen LogP contribution < -0.4 is 0 Å². The van der Waals surface area contributed by atoms with Gasteiger partial charge >= 0.3 is 5.97 Å². The lowest BCUT2D eigenvalue weighted by atomic mass is 10.1. The molecule has 0 bridgehead atoms. The monoisotopic (exact) mass is 334 g/mol. The van der Waals surface area contributed by atoms with E-state index >= 15 is 0 Å². The summed E-state index contributed by atoms with van der Waals surface area (Å²) in [5, 5.41) is 0. The second kappa shape index (κ2) is 19.7. The summed E-state index contributed by atoms with van der Waals surface area (Å²) in [5.74, 6) is -0.0235. The van der Waals surface area contributed by atoms with Gasteiger partial charge in [-0.3, -0.25) is 4.79 Å². The van der Waals surface area contributed by atoms with Gasteiger partial charge in [-0.25, -0.2) is 0 Å². The minimum atomic E-state index is -0.0235. The van der Waals surface area contributed by atoms with Crippen LogP contribution >= 0.6 is 0 Å². The molecule has 0 saturated heterocycles. The molecule has 0 N–H and O–H groups in total. The molecule has 0 atom stereocenters. The predicted molar refractivity (Wildman–Crippen MR) is 105 cm³/mol. The van der Waals surface area contributed by atoms with Gasteiger partial charge in [0.15, 0.2) is 0 Å². The van der Waals surface area contributed by atoms with E-state index in [9.17, 15) is 4.79 Å². The van der Waals surface area contributed by atoms with Crippen molar-refractivity contribution < 1.29 is 9.53 Å². The second-order valence-corrected chi connectivity index (χ2v) is 6.17. The Balaban J connectivity index is 3.28. The molecule has 0 aromatic rings. The average molecular weight is 335 g/mol. The first-order valence-electron chi connectivity index (χ1n) is 9.91. The molecule has 24 heavy (non-hydrogen) atoms. The summed E-state index contributed by atoms with van der Waals surface area (Å²) in [4.78, 5) is 11.4. The fourth-order valence-corrected chi connectivity index (χ4v) is 2.29. The van der Waals surface area contributed by atoms with Crippen molar-refractivity contribution in [2.75, 3.05) is 6.61 Å². The quantitative estimate of drug-likeness (QED) is 0.174. The fraction of sp³-hybridized carbons (Fsp3) is 0.682. The summed E-state index contributed by atoms with van der Waals surface area (Å²) in [6, 6.07) is 0. The highest BCUT2D eigenvalue weighted by Crippen LogP contribution is 2.08. The Morgan fingerprint density at radius 3 is 2.08 bits per heavy atom. The van der Waals surface area contributed by atoms with E-state index in [0.717, 1.165) is 44.9 Å². The summed E-state index contributed by atoms with van der Waals surface area (Å²) in [6.07, 6.45) is 26.3. The van der Waals surface area contributed by atoms with Crippen LogP contribution in [0.4, 0.5) is 0 Å². The molecule has 0 aliphatic rings. The van der Waals surface area contributed by atoms with Gasteiger partial charge in [0.05, 0.1) is 6.61 Å². The smallest absolute Gasteiger partial charge is 0.305 e. The number of hydrogen-bond donors (Lipinski definition) is 0. The third-order valence-corrected chi connectivity index (χ3v) is 3.79. The first-order chi connectivity index (χ1) is 11.8. The Labute approximate surface area is 150 Å². The van der Waals surface area contributed by atoms with Crippen molar-refractivity contribution in [3.8, 4) is 0 Å². The normalized spacial score (nSPS) is 11.9. The molecular formula is C22H38O2. The van der Waals surface area contributed by atoms with Crippen LogP contribution in [0.15, 0.2) is 36.5 Å². The lowest BCUT2D eigenvalue weighted by Crippen LogP contribution is -2.05. The largest absolute Gasteiger partial charge is 0.466 e. The maximum Gasteiger partial charge on any atom is 0.305 e. The number of rotatable bonds is 16. The fourth-order valence-electron chi connectivity index (χ4n) is 2.29. The average Bonchev–Trinajstić information content (AvgIpc) is 2.58. The van der Waals surface area contributed by atoms with Crippen LogP contribution in [0.5, 0.6) is 0 Å². The molecule has 2 nitrogen and oxygen atoms in total. The molecule has 0 aliphatic heterocycles. The van der Waals surface area contributed by atoms with Crippen LogP contribution in [0, 0.1) is 0 Å². The molecule has 0 spiro atoms. The molecule has 0 unspecified atom stereocenters. The number of carbonyl (C=O) groups is 1. The summed E-state index contributed by atoms with van der Waals surface area (Å²) in [7, 11) is 0. The third-order valence-electron chi connectivity index (χ3n) is 3.79. The highest BCUT2D eigenvalue weighted by Gasteiger charge is 2.01. The summed E-state index contributed by atoms with van der Waals surface area (Å²) < 4.78 is 5.14. The maximum atomic E-state index is 11.4. The molecule has 0 aliphatic carbocycles. The minimum absolute atomic E-state index is 0.0235. The first-order valence-corrected chi connectivity index (χ1v) is 9.91. The van der Waals surface area contributed by atoms with E-state index in [0.29, 0.717) is 13.0 Å². The van der Waals surface area contributed by atoms with E-state index in [-0.39, 0.29) is 5.97 Å². The summed E-state index contributed by atoms with van der Waals surface area (Å²) in [6.45, 7) is 4.85. The molecular weight excluding hydrogens is 296 g/mol. The van der Waals surface area contributed by atoms with Gasteiger partial charge in [-0.15, -0.1) is 0 Å². The number of esters is 1. The number of allylic oxidation sites excluding steroid dienone is 6. The van der Waals surface area contributed by atoms with Crippen LogP contribution in [0.25, 0.3) is 0 Å². The van der Waals surface area contributed by atoms with Gasteiger partial charge < -0.3 is 4.74 Å². The molecule has 0 amide bonds. The number of carbonyl (C=O) groups excluding carboxylic acids is 1. The molecule has 0 radical (unpaired) electrons. The molecule has 0 fully saturated rings. The van der Waals surface area contributed by atoms with Gasteiger partial charge in [0, 0.05) is 6.42 Å². The Kier molecular flexibility index (Phi) is 18.7. The van der Waals surface area contributed by atoms with E-state index in [1.807, 2.05) is 0 Å². The van der Waals surface area contributed by atoms with Crippen molar-refractivity contribution in [3.05, 3.63) is 36.5 Å². The van der Waals surface area contributed by atoms with Crippen LogP contribution in [0.1, 0.15) is 90.9 Å². The van der Waals surface area contributed by atoms with Crippen LogP contribution in [-0.4, -0.2) is 12.6 Å². The van der Waals surface area contributed by atoms with Gasteiger partial charge in [-0.1, -0.05) is 76.0 Å². The Bertz CT molecular complexity index is 353. The van der Waals surface area contributed by atoms with Gasteiger partial charge in [0.1, 0.15) is 0 Å². The third kappa shape index (κ3) is 18.7. The lowest BCUT2D eigenvalue weighted by Gasteiger charge is -2.03. The van der Waals surface area contributed by atoms with E-state index in [2.05, 4.69) is 50.3 Å². The highest BCUT2D eigenvalue weighted by molar-refractivity contribution is 5.69. The van der Waals surface area contributed by atoms with E-state index in [4.69, 9.17) is 4.74 Å². The SMILES string of the molecule is CC/C=C\C/C=C\C/C=C\CCCCCCCC(=O)OCCCC. The van der Waals surface area contributed by atoms with Crippen molar-refractivity contribution >= 4 is 5.97 Å². The molecule has 138 valence electrons. The second-order valence-electron chi connectivity index (χ2n) is 6.17. The van der Waals surface area contributed by atoms with Crippen molar-refractivity contribution in [3.63, 3.8) is 0 Å². The molecule has 0 aromatic carbocycles. The zero-order chi connectivity index (χ0) is 17.7. The van der Waals surface area contributed by atoms with E-state index in [1.54, 1.807) is 0 Å². The van der Waals surface area contributed by atoms with Crippen molar-refractivity contribution in [2.45, 2.75) is 90.9 Å². The topological polar surface area (TPSA) is 26.3 Å². The van der Waals surface area contributed by atoms with Crippen molar-refractivity contribution in [1.29, 1.82) is 0 Å². The zero-order valence-corrected chi connectivity index (χ0v) is 16.0. The molecule has 0 saturated carbocycles. The van der Waals surface area contributed by atoms with E-state index in [1.165, 1.54) is 25.7 Å². The Hall–Kier alpha value is -1.31. The number of hydrogen-bond acceptors (Lipinski definition) is 2. The van der Waals surface area contributed by atoms with E-state index < -0.39 is 0 Å². The van der Waals surface area contributed by atoms with Gasteiger partial charge in [-0.2, -0.15) is 0 Å². The van der Waals surface area contributed by atoms with Crippen LogP contribution in [0.3, 0.4) is 0 Å². The van der Waals surface area contributed by atoms with Gasteiger partial charge in [0.25, 0.3) is 0 Å². The lowest BCUT2D eigenvalue weighted by molar-refractivity contribution is -0.143. The molecule has 0 rings (SSSR count). The van der Waals surface area contributed by atoms with Gasteiger partial charge in [0.2, 0.25) is 0 Å². The van der Waals surface area contributed by atoms with Crippen molar-refractivity contribution in [2.24, 2.45) is 0 Å². The first kappa shape index (κ1) is 22.7. The van der Waals surface area contributed by atoms with Gasteiger partial charge in [-0.05, 0) is 44.9 Å². The molecule has 2 heteroatoms. The predicted octanol–water partition coefficient (Wildman–Crippen LogP) is 6.92. The minimum Gasteiger partial charge on any atom is -0.466 e. The maximum absolute atomic E-state index is 11.4. The summed E-state index contributed by atoms with van der Waals surface area (Å²) >= 11 is 0. The van der Waals surface area contributed by atoms with Crippen molar-refractivity contribution in [1.82, 2.24) is 0 Å². The molecule has 0 aromatic heterocycles. The summed E-state index contributed by atoms with van der Waals surface area (Å²) in [5.41, 5.74) is 0. The van der Waals surface area contributed by atoms with Crippen LogP contribution in [-0.2, 0) is 9.53 Å².